The van der Waals surface area contributed by atoms with Gasteiger partial charge in [-0.2, -0.15) is 0 Å². The Kier molecular flexibility index (Phi) is 12.5. The van der Waals surface area contributed by atoms with Crippen LogP contribution in [0.2, 0.25) is 0 Å². The van der Waals surface area contributed by atoms with E-state index in [1.165, 1.54) is 18.7 Å². The lowest BCUT2D eigenvalue weighted by atomic mass is 10.0. The highest BCUT2D eigenvalue weighted by atomic mass is 32.2. The zero-order valence-corrected chi connectivity index (χ0v) is 39.3. The second kappa shape index (κ2) is 18.5. The molecule has 6 heterocycles. The van der Waals surface area contributed by atoms with Gasteiger partial charge in [0.2, 0.25) is 5.91 Å². The highest BCUT2D eigenvalue weighted by molar-refractivity contribution is 7.99. The Morgan fingerprint density at radius 3 is 1.72 bits per heavy atom. The molecule has 0 spiro atoms. The first kappa shape index (κ1) is 45.4. The van der Waals surface area contributed by atoms with Crippen LogP contribution in [0, 0.1) is 0 Å². The van der Waals surface area contributed by atoms with Crippen molar-refractivity contribution in [3.05, 3.63) is 137 Å². The van der Waals surface area contributed by atoms with Crippen molar-refractivity contribution in [1.82, 2.24) is 9.80 Å². The lowest BCUT2D eigenvalue weighted by Gasteiger charge is -2.35. The van der Waals surface area contributed by atoms with Crippen LogP contribution in [-0.2, 0) is 33.3 Å². The molecule has 4 aromatic rings. The lowest BCUT2D eigenvalue weighted by Crippen LogP contribution is -2.41. The maximum Gasteiger partial charge on any atom is 0.260 e. The van der Waals surface area contributed by atoms with E-state index in [2.05, 4.69) is 31.1 Å². The fourth-order valence-corrected chi connectivity index (χ4v) is 10.1. The number of anilines is 5. The number of carbonyl (C=O) groups excluding carboxylic acids is 4. The SMILES string of the molecule is CC(=O)Nc1cccc(Nc2ccc3c(c2)NC(=O)/C3=C2\C=C(N3CCOCC3)C(C)(C)O2)c1.CC(=O)c1ccccc1Sc1ccc2c(c1)NC(=O)/C2=C1\C=C(N2CCOCC2)C(C)(C)O1. The molecular formula is C52H54N6O8S. The third-order valence-electron chi connectivity index (χ3n) is 12.2. The van der Waals surface area contributed by atoms with Crippen LogP contribution in [0.15, 0.2) is 130 Å². The number of nitrogens with one attached hydrogen (secondary N) is 4. The predicted octanol–water partition coefficient (Wildman–Crippen LogP) is 8.81. The molecule has 10 rings (SSSR count). The molecule has 0 bridgehead atoms. The number of carbonyl (C=O) groups is 4. The minimum absolute atomic E-state index is 0.0310. The van der Waals surface area contributed by atoms with Crippen LogP contribution in [-0.4, -0.2) is 97.1 Å². The molecule has 346 valence electrons. The van der Waals surface area contributed by atoms with Gasteiger partial charge in [-0.3, -0.25) is 19.2 Å². The molecule has 0 aromatic heterocycles. The molecule has 15 heteroatoms. The maximum atomic E-state index is 13.0. The average molecular weight is 923 g/mol. The molecule has 3 amide bonds. The van der Waals surface area contributed by atoms with Crippen LogP contribution < -0.4 is 21.3 Å². The third kappa shape index (κ3) is 9.58. The summed E-state index contributed by atoms with van der Waals surface area (Å²) in [6.45, 7) is 17.2. The van der Waals surface area contributed by atoms with Crippen LogP contribution in [0.4, 0.5) is 28.4 Å². The van der Waals surface area contributed by atoms with Gasteiger partial charge in [0.15, 0.2) is 5.78 Å². The lowest BCUT2D eigenvalue weighted by molar-refractivity contribution is -0.114. The fraction of sp³-hybridized carbons (Fsp3) is 0.308. The Balaban J connectivity index is 0.000000168. The van der Waals surface area contributed by atoms with Crippen molar-refractivity contribution in [2.24, 2.45) is 0 Å². The fourth-order valence-electron chi connectivity index (χ4n) is 9.08. The monoisotopic (exact) mass is 922 g/mol. The molecule has 4 aromatic carbocycles. The number of benzene rings is 4. The van der Waals surface area contributed by atoms with E-state index in [1.807, 2.05) is 125 Å². The van der Waals surface area contributed by atoms with E-state index in [1.54, 1.807) is 6.92 Å². The summed E-state index contributed by atoms with van der Waals surface area (Å²) in [5, 5.41) is 12.1. The summed E-state index contributed by atoms with van der Waals surface area (Å²) in [6.07, 6.45) is 4.00. The Bertz CT molecular complexity index is 2820. The number of rotatable bonds is 8. The Hall–Kier alpha value is -6.81. The van der Waals surface area contributed by atoms with Crippen LogP contribution in [0.3, 0.4) is 0 Å². The molecule has 67 heavy (non-hydrogen) atoms. The number of hydrogen-bond donors (Lipinski definition) is 4. The molecule has 6 aliphatic heterocycles. The number of fused-ring (bicyclic) bond motifs is 2. The van der Waals surface area contributed by atoms with Gasteiger partial charge in [-0.05, 0) is 89.2 Å². The number of Topliss-reactive ketones (excluding diaryl/α,β-unsaturated/α-hetero) is 1. The number of ether oxygens (including phenoxy) is 4. The van der Waals surface area contributed by atoms with Crippen LogP contribution in [0.1, 0.15) is 63.0 Å². The third-order valence-corrected chi connectivity index (χ3v) is 13.2. The number of nitrogens with zero attached hydrogens (tertiary/aromatic N) is 2. The van der Waals surface area contributed by atoms with Gasteiger partial charge >= 0.3 is 0 Å². The van der Waals surface area contributed by atoms with Gasteiger partial charge in [0.25, 0.3) is 11.8 Å². The molecule has 2 saturated heterocycles. The number of allylic oxidation sites excluding steroid dienone is 2. The van der Waals surface area contributed by atoms with Crippen LogP contribution in [0.25, 0.3) is 11.1 Å². The minimum Gasteiger partial charge on any atom is -0.481 e. The zero-order valence-electron chi connectivity index (χ0n) is 38.5. The number of ketones is 1. The second-order valence-electron chi connectivity index (χ2n) is 17.9. The molecule has 0 unspecified atom stereocenters. The van der Waals surface area contributed by atoms with E-state index in [0.29, 0.717) is 60.3 Å². The zero-order chi connectivity index (χ0) is 47.0. The molecule has 0 atom stereocenters. The minimum atomic E-state index is -0.525. The summed E-state index contributed by atoms with van der Waals surface area (Å²) >= 11 is 1.51. The average Bonchev–Trinajstić information content (AvgIpc) is 4.01. The summed E-state index contributed by atoms with van der Waals surface area (Å²) < 4.78 is 23.6. The molecular weight excluding hydrogens is 869 g/mol. The smallest absolute Gasteiger partial charge is 0.260 e. The topological polar surface area (TPSA) is 160 Å². The van der Waals surface area contributed by atoms with Crippen molar-refractivity contribution in [3.63, 3.8) is 0 Å². The molecule has 0 radical (unpaired) electrons. The molecule has 6 aliphatic rings. The maximum absolute atomic E-state index is 13.0. The van der Waals surface area contributed by atoms with E-state index in [9.17, 15) is 19.2 Å². The van der Waals surface area contributed by atoms with Crippen molar-refractivity contribution in [2.45, 2.75) is 62.5 Å². The number of morpholine rings is 2. The van der Waals surface area contributed by atoms with E-state index in [-0.39, 0.29) is 23.5 Å². The normalized spacial score (nSPS) is 21.1. The summed E-state index contributed by atoms with van der Waals surface area (Å²) in [5.41, 5.74) is 8.37. The van der Waals surface area contributed by atoms with Crippen molar-refractivity contribution < 1.29 is 38.1 Å². The van der Waals surface area contributed by atoms with Gasteiger partial charge in [0.05, 0.1) is 60.3 Å². The molecule has 0 aliphatic carbocycles. The van der Waals surface area contributed by atoms with Crippen molar-refractivity contribution in [3.8, 4) is 0 Å². The quantitative estimate of drug-likeness (QED) is 0.0985. The van der Waals surface area contributed by atoms with Crippen molar-refractivity contribution in [1.29, 1.82) is 0 Å². The second-order valence-corrected chi connectivity index (χ2v) is 19.0. The summed E-state index contributed by atoms with van der Waals surface area (Å²) in [4.78, 5) is 55.6. The Morgan fingerprint density at radius 2 is 1.15 bits per heavy atom. The molecule has 0 saturated carbocycles. The Morgan fingerprint density at radius 1 is 0.627 bits per heavy atom. The van der Waals surface area contributed by atoms with E-state index >= 15 is 0 Å². The van der Waals surface area contributed by atoms with Gasteiger partial charge in [-0.15, -0.1) is 0 Å². The van der Waals surface area contributed by atoms with Gasteiger partial charge < -0.3 is 50.0 Å². The predicted molar refractivity (Wildman–Crippen MR) is 260 cm³/mol. The van der Waals surface area contributed by atoms with Crippen LogP contribution >= 0.6 is 11.8 Å². The van der Waals surface area contributed by atoms with Crippen LogP contribution in [0.5, 0.6) is 0 Å². The summed E-state index contributed by atoms with van der Waals surface area (Å²) in [7, 11) is 0. The summed E-state index contributed by atoms with van der Waals surface area (Å²) in [6, 6.07) is 26.7. The summed E-state index contributed by atoms with van der Waals surface area (Å²) in [5.74, 6) is 0.753. The first-order valence-electron chi connectivity index (χ1n) is 22.4. The first-order valence-corrected chi connectivity index (χ1v) is 23.3. The molecule has 2 fully saturated rings. The van der Waals surface area contributed by atoms with Crippen molar-refractivity contribution in [2.75, 3.05) is 73.9 Å². The number of amides is 3. The van der Waals surface area contributed by atoms with Gasteiger partial charge in [0.1, 0.15) is 22.7 Å². The molecule has 4 N–H and O–H groups in total. The number of hydrogen-bond acceptors (Lipinski definition) is 12. The largest absolute Gasteiger partial charge is 0.481 e. The van der Waals surface area contributed by atoms with E-state index in [4.69, 9.17) is 18.9 Å². The van der Waals surface area contributed by atoms with Gasteiger partial charge in [-0.25, -0.2) is 0 Å². The van der Waals surface area contributed by atoms with Gasteiger partial charge in [0, 0.05) is 88.8 Å². The first-order chi connectivity index (χ1) is 32.1. The standard InChI is InChI=1S/C26H28N4O4.C26H26N2O4S/c1-16(31)27-17-5-4-6-18(13-17)28-19-7-8-20-21(14-19)29-25(32)24(20)22-15-23(26(2,3)34-22)30-9-11-33-12-10-30;1-16(29)18-6-4-5-7-22(18)33-17-8-9-19-20(14-17)27-25(30)24(19)21-15-23(26(2,3)32-21)28-10-12-31-13-11-28/h4-8,13-15,28H,9-12H2,1-3H3,(H,27,31)(H,29,32);4-9,14-15H,10-13H2,1-3H3,(H,27,30)/b24-22+;24-21+. The van der Waals surface area contributed by atoms with Crippen molar-refractivity contribution >= 4 is 74.8 Å². The Labute approximate surface area is 394 Å². The van der Waals surface area contributed by atoms with E-state index in [0.717, 1.165) is 81.2 Å². The van der Waals surface area contributed by atoms with E-state index < -0.39 is 11.2 Å². The van der Waals surface area contributed by atoms with Gasteiger partial charge in [-0.1, -0.05) is 42.1 Å². The highest BCUT2D eigenvalue weighted by Gasteiger charge is 2.42. The molecule has 14 nitrogen and oxygen atoms in total. The highest BCUT2D eigenvalue weighted by Crippen LogP contribution is 2.45.